The summed E-state index contributed by atoms with van der Waals surface area (Å²) >= 11 is 6.16. The minimum absolute atomic E-state index is 0.00788. The fourth-order valence-corrected chi connectivity index (χ4v) is 11.8. The Hall–Kier alpha value is -9.72. The first-order valence-electron chi connectivity index (χ1n) is 26.6. The molecular weight excluding hydrogens is 1150 g/mol. The molecule has 0 aromatic heterocycles. The normalized spacial score (nSPS) is 20.8. The lowest BCUT2D eigenvalue weighted by Gasteiger charge is -2.22. The van der Waals surface area contributed by atoms with E-state index in [-0.39, 0.29) is 76.5 Å². The summed E-state index contributed by atoms with van der Waals surface area (Å²) in [6.07, 6.45) is -0.985. The highest BCUT2D eigenvalue weighted by Gasteiger charge is 2.66. The molecule has 9 amide bonds. The number of halogens is 2. The van der Waals surface area contributed by atoms with Crippen molar-refractivity contribution in [2.75, 3.05) is 68.5 Å². The molecule has 5 aromatic rings. The van der Waals surface area contributed by atoms with Gasteiger partial charge in [0.15, 0.2) is 16.2 Å². The number of methoxy groups -OCH3 is 2. The zero-order chi connectivity index (χ0) is 62.0. The van der Waals surface area contributed by atoms with Crippen LogP contribution in [0.4, 0.5) is 21.5 Å². The molecule has 6 heterocycles. The molecule has 3 spiro atoms. The van der Waals surface area contributed by atoms with Crippen LogP contribution in [0.15, 0.2) is 115 Å². The lowest BCUT2D eigenvalue weighted by Crippen LogP contribution is -2.48. The number of carbonyl (C=O) groups is 12. The number of hydrogen-bond acceptors (Lipinski definition) is 15. The SMILES string of the molecule is COCCOCN1C(=O)CC2(C1=O)C(=O)N(CC(=O)O)c1ccc(F)cc12.COc1ccc2c(c1)C1(CC(=O)N(Cc3ccccc3)C1=O)C(=O)N2CC(=O)O.O=C(O)CCCN1C(=O)C2(CC(=O)N(Cc3ccccc3)C2=O)c2cc(Cl)ccc21. The van der Waals surface area contributed by atoms with Crippen LogP contribution in [0.5, 0.6) is 5.75 Å². The van der Waals surface area contributed by atoms with Gasteiger partial charge in [0.2, 0.25) is 47.3 Å². The Bertz CT molecular complexity index is 3660. The molecule has 24 nitrogen and oxygen atoms in total. The Morgan fingerprint density at radius 2 is 0.942 bits per heavy atom. The summed E-state index contributed by atoms with van der Waals surface area (Å²) in [7, 11) is 2.91. The van der Waals surface area contributed by atoms with Gasteiger partial charge in [-0.25, -0.2) is 4.39 Å². The van der Waals surface area contributed by atoms with E-state index in [1.807, 2.05) is 36.4 Å². The highest BCUT2D eigenvalue weighted by molar-refractivity contribution is 6.33. The van der Waals surface area contributed by atoms with E-state index >= 15 is 0 Å². The fraction of sp³-hybridized carbons (Fsp3) is 0.300. The summed E-state index contributed by atoms with van der Waals surface area (Å²) in [6, 6.07) is 30.9. The maximum absolute atomic E-state index is 13.8. The minimum Gasteiger partial charge on any atom is -0.497 e. The second-order valence-corrected chi connectivity index (χ2v) is 21.1. The Kier molecular flexibility index (Phi) is 17.3. The molecule has 0 saturated carbocycles. The standard InChI is InChI=1S/C22H19ClN2O5.C21H18N2O6.C17H17FN2O7/c23-15-8-9-17-16(11-15)22(20(29)24(17)10-4-7-19(27)28)12-18(26)25(21(22)30)13-14-5-2-1-3-6-14;1-29-14-7-8-16-15(9-14)21(19(27)22(16)12-18(25)26)10-17(24)23(20(21)28)11-13-5-3-2-4-6-13;1-26-4-5-27-9-20-13(21)7-17(16(20)25)11-6-10(18)2-3-12(11)19(15(17)24)8-14(22)23/h1-3,5-6,8-9,11H,4,7,10,12-13H2,(H,27,28);2-9H,10-12H2,1H3,(H,25,26);2-3,6H,4-5,7-9H2,1H3,(H,22,23). The smallest absolute Gasteiger partial charge is 0.323 e. The summed E-state index contributed by atoms with van der Waals surface area (Å²) in [6.45, 7) is -1.02. The van der Waals surface area contributed by atoms with Gasteiger partial charge in [-0.15, -0.1) is 0 Å². The van der Waals surface area contributed by atoms with Gasteiger partial charge in [0.05, 0.1) is 52.7 Å². The van der Waals surface area contributed by atoms with Crippen molar-refractivity contribution in [3.05, 3.63) is 154 Å². The van der Waals surface area contributed by atoms with Gasteiger partial charge in [0.1, 0.15) is 31.4 Å². The third-order valence-electron chi connectivity index (χ3n) is 15.6. The number of anilines is 3. The lowest BCUT2D eigenvalue weighted by atomic mass is 9.80. The van der Waals surface area contributed by atoms with E-state index < -0.39 is 113 Å². The van der Waals surface area contributed by atoms with Crippen molar-refractivity contribution < 1.29 is 91.5 Å². The van der Waals surface area contributed by atoms with Gasteiger partial charge in [0.25, 0.3) is 5.91 Å². The third-order valence-corrected chi connectivity index (χ3v) is 15.8. The van der Waals surface area contributed by atoms with E-state index in [0.717, 1.165) is 47.8 Å². The Morgan fingerprint density at radius 1 is 0.512 bits per heavy atom. The fourth-order valence-electron chi connectivity index (χ4n) is 11.6. The van der Waals surface area contributed by atoms with Crippen LogP contribution in [0.1, 0.15) is 59.9 Å². The van der Waals surface area contributed by atoms with Gasteiger partial charge in [-0.05, 0) is 72.1 Å². The topological polar surface area (TPSA) is 313 Å². The highest BCUT2D eigenvalue weighted by atomic mass is 35.5. The predicted molar refractivity (Wildman–Crippen MR) is 297 cm³/mol. The van der Waals surface area contributed by atoms with Crippen LogP contribution in [0.25, 0.3) is 0 Å². The number of nitrogens with zero attached hydrogens (tertiary/aromatic N) is 6. The van der Waals surface area contributed by atoms with Crippen LogP contribution >= 0.6 is 11.6 Å². The number of imide groups is 3. The van der Waals surface area contributed by atoms with Crippen LogP contribution in [-0.2, 0) is 96.3 Å². The largest absolute Gasteiger partial charge is 0.497 e. The van der Waals surface area contributed by atoms with Crippen LogP contribution in [0, 0.1) is 5.82 Å². The molecule has 3 atom stereocenters. The molecule has 6 aliphatic heterocycles. The monoisotopic (exact) mass is 1200 g/mol. The number of carboxylic acid groups (broad SMARTS) is 3. The lowest BCUT2D eigenvalue weighted by molar-refractivity contribution is -0.148. The first-order chi connectivity index (χ1) is 41.0. The summed E-state index contributed by atoms with van der Waals surface area (Å²) in [5, 5.41) is 27.6. The van der Waals surface area contributed by atoms with E-state index in [4.69, 9.17) is 36.0 Å². The second-order valence-electron chi connectivity index (χ2n) is 20.7. The van der Waals surface area contributed by atoms with Gasteiger partial charge < -0.3 is 34.4 Å². The van der Waals surface area contributed by atoms with Crippen LogP contribution in [0.3, 0.4) is 0 Å². The summed E-state index contributed by atoms with van der Waals surface area (Å²) in [5.41, 5.74) is -2.22. The molecule has 11 rings (SSSR count). The number of hydrogen-bond donors (Lipinski definition) is 3. The molecule has 3 fully saturated rings. The third kappa shape index (κ3) is 10.8. The molecule has 6 aliphatic rings. The van der Waals surface area contributed by atoms with E-state index in [1.165, 1.54) is 31.3 Å². The molecule has 5 aromatic carbocycles. The van der Waals surface area contributed by atoms with Crippen LogP contribution < -0.4 is 19.4 Å². The second kappa shape index (κ2) is 24.5. The van der Waals surface area contributed by atoms with Gasteiger partial charge in [-0.1, -0.05) is 72.3 Å². The number of rotatable bonds is 18. The van der Waals surface area contributed by atoms with E-state index in [1.54, 1.807) is 54.6 Å². The van der Waals surface area contributed by atoms with Crippen molar-refractivity contribution in [2.45, 2.75) is 61.4 Å². The van der Waals surface area contributed by atoms with Crippen molar-refractivity contribution in [1.82, 2.24) is 14.7 Å². The molecule has 0 bridgehead atoms. The molecule has 0 aliphatic carbocycles. The van der Waals surface area contributed by atoms with Crippen molar-refractivity contribution in [2.24, 2.45) is 0 Å². The van der Waals surface area contributed by atoms with Gasteiger partial charge >= 0.3 is 17.9 Å². The molecular formula is C60H54ClFN6O18. The van der Waals surface area contributed by atoms with Gasteiger partial charge in [-0.2, -0.15) is 0 Å². The number of likely N-dealkylation sites (tertiary alicyclic amines) is 3. The van der Waals surface area contributed by atoms with E-state index in [2.05, 4.69) is 0 Å². The minimum atomic E-state index is -1.96. The quantitative estimate of drug-likeness (QED) is 0.0635. The highest BCUT2D eigenvalue weighted by Crippen LogP contribution is 2.52. The van der Waals surface area contributed by atoms with Gasteiger partial charge in [-0.3, -0.25) is 82.0 Å². The number of benzene rings is 5. The molecule has 3 unspecified atom stereocenters. The molecule has 446 valence electrons. The molecule has 86 heavy (non-hydrogen) atoms. The maximum atomic E-state index is 13.8. The average Bonchev–Trinajstić information content (AvgIpc) is 1.58. The number of carboxylic acids is 3. The van der Waals surface area contributed by atoms with Crippen LogP contribution in [-0.4, -0.2) is 155 Å². The Morgan fingerprint density at radius 3 is 1.43 bits per heavy atom. The van der Waals surface area contributed by atoms with Crippen molar-refractivity contribution in [1.29, 1.82) is 0 Å². The molecule has 26 heteroatoms. The molecule has 0 radical (unpaired) electrons. The maximum Gasteiger partial charge on any atom is 0.323 e. The number of ether oxygens (including phenoxy) is 3. The Labute approximate surface area is 493 Å². The first-order valence-corrected chi connectivity index (χ1v) is 27.0. The molecule has 3 saturated heterocycles. The number of carbonyl (C=O) groups excluding carboxylic acids is 9. The van der Waals surface area contributed by atoms with Crippen molar-refractivity contribution in [3.8, 4) is 5.75 Å². The van der Waals surface area contributed by atoms with Gasteiger partial charge in [0, 0.05) is 58.9 Å². The number of aliphatic carboxylic acids is 3. The number of fused-ring (bicyclic) bond motifs is 6. The van der Waals surface area contributed by atoms with E-state index in [9.17, 15) is 67.0 Å². The Balaban J connectivity index is 0.000000154. The molecule has 3 N–H and O–H groups in total. The zero-order valence-electron chi connectivity index (χ0n) is 46.1. The average molecular weight is 1200 g/mol. The first kappa shape index (κ1) is 60.9. The van der Waals surface area contributed by atoms with E-state index in [0.29, 0.717) is 33.3 Å². The number of amides is 9. The van der Waals surface area contributed by atoms with Crippen molar-refractivity contribution in [3.63, 3.8) is 0 Å². The summed E-state index contributed by atoms with van der Waals surface area (Å²) < 4.78 is 29.1. The zero-order valence-corrected chi connectivity index (χ0v) is 46.8. The predicted octanol–water partition coefficient (Wildman–Crippen LogP) is 3.95. The summed E-state index contributed by atoms with van der Waals surface area (Å²) in [4.78, 5) is 157. The van der Waals surface area contributed by atoms with Crippen molar-refractivity contribution >= 4 is 99.7 Å². The summed E-state index contributed by atoms with van der Waals surface area (Å²) in [5.74, 6) is -9.43. The van der Waals surface area contributed by atoms with Crippen LogP contribution in [0.2, 0.25) is 5.02 Å².